The van der Waals surface area contributed by atoms with Crippen molar-refractivity contribution < 1.29 is 9.53 Å². The summed E-state index contributed by atoms with van der Waals surface area (Å²) in [7, 11) is 1.46. The first-order valence-corrected chi connectivity index (χ1v) is 5.62. The van der Waals surface area contributed by atoms with Crippen LogP contribution in [0, 0.1) is 0 Å². The van der Waals surface area contributed by atoms with E-state index in [1.807, 2.05) is 6.92 Å². The highest BCUT2D eigenvalue weighted by molar-refractivity contribution is 6.32. The van der Waals surface area contributed by atoms with E-state index in [0.717, 1.165) is 6.42 Å². The minimum atomic E-state index is -0.111. The normalized spacial score (nSPS) is 9.82. The summed E-state index contributed by atoms with van der Waals surface area (Å²) in [5.41, 5.74) is 0. The lowest BCUT2D eigenvalue weighted by Gasteiger charge is -2.08. The number of carbonyl (C=O) groups is 1. The number of nitrogens with zero attached hydrogens (tertiary/aromatic N) is 2. The summed E-state index contributed by atoms with van der Waals surface area (Å²) in [6, 6.07) is 0.200. The highest BCUT2D eigenvalue weighted by Gasteiger charge is 2.07. The molecule has 1 amide bonds. The maximum atomic E-state index is 11.3. The molecule has 1 heterocycles. The van der Waals surface area contributed by atoms with Gasteiger partial charge in [0.25, 0.3) is 0 Å². The van der Waals surface area contributed by atoms with Crippen molar-refractivity contribution in [1.29, 1.82) is 0 Å². The molecular formula is C10H15ClN4O2. The Labute approximate surface area is 105 Å². The molecule has 1 aromatic rings. The summed E-state index contributed by atoms with van der Waals surface area (Å²) in [5, 5.41) is 5.89. The van der Waals surface area contributed by atoms with Crippen LogP contribution in [0.15, 0.2) is 6.20 Å². The van der Waals surface area contributed by atoms with Crippen molar-refractivity contribution >= 4 is 23.3 Å². The number of methoxy groups -OCH3 is 1. The zero-order valence-electron chi connectivity index (χ0n) is 9.79. The Hall–Kier alpha value is -1.56. The first-order valence-electron chi connectivity index (χ1n) is 5.24. The molecule has 1 aromatic heterocycles. The van der Waals surface area contributed by atoms with Crippen LogP contribution in [0.2, 0.25) is 5.02 Å². The van der Waals surface area contributed by atoms with Crippen LogP contribution in [0.4, 0.5) is 5.82 Å². The van der Waals surface area contributed by atoms with E-state index < -0.39 is 0 Å². The molecule has 0 saturated carbocycles. The number of carbonyl (C=O) groups excluding carboxylic acids is 1. The molecule has 0 aromatic carbocycles. The van der Waals surface area contributed by atoms with Gasteiger partial charge in [0.15, 0.2) is 5.82 Å². The van der Waals surface area contributed by atoms with Gasteiger partial charge in [0.1, 0.15) is 5.02 Å². The molecule has 0 aliphatic heterocycles. The second-order valence-electron chi connectivity index (χ2n) is 3.26. The fourth-order valence-electron chi connectivity index (χ4n) is 1.06. The summed E-state index contributed by atoms with van der Waals surface area (Å²) < 4.78 is 4.86. The molecular weight excluding hydrogens is 244 g/mol. The Balaban J connectivity index is 2.53. The zero-order valence-corrected chi connectivity index (χ0v) is 10.5. The van der Waals surface area contributed by atoms with Gasteiger partial charge >= 0.3 is 6.01 Å². The fraction of sp³-hybridized carbons (Fsp3) is 0.500. The molecule has 0 radical (unpaired) electrons. The molecule has 0 aliphatic carbocycles. The smallest absolute Gasteiger partial charge is 0.318 e. The van der Waals surface area contributed by atoms with Gasteiger partial charge in [-0.1, -0.05) is 18.5 Å². The average molecular weight is 259 g/mol. The minimum absolute atomic E-state index is 0.111. The summed E-state index contributed by atoms with van der Waals surface area (Å²) in [5.74, 6) is 0.269. The predicted molar refractivity (Wildman–Crippen MR) is 65.4 cm³/mol. The molecule has 94 valence electrons. The first-order chi connectivity index (χ1) is 8.17. The Bertz CT molecular complexity index is 387. The number of hydrogen-bond donors (Lipinski definition) is 2. The molecule has 0 bridgehead atoms. The number of amides is 1. The number of nitrogens with one attached hydrogen (secondary N) is 2. The van der Waals surface area contributed by atoms with Gasteiger partial charge in [0, 0.05) is 6.54 Å². The van der Waals surface area contributed by atoms with E-state index >= 15 is 0 Å². The van der Waals surface area contributed by atoms with Crippen LogP contribution in [0.1, 0.15) is 13.3 Å². The monoisotopic (exact) mass is 258 g/mol. The number of anilines is 1. The van der Waals surface area contributed by atoms with E-state index in [2.05, 4.69) is 20.6 Å². The third-order valence-corrected chi connectivity index (χ3v) is 2.17. The predicted octanol–water partition coefficient (Wildman–Crippen LogP) is 1.08. The number of ether oxygens (including phenoxy) is 1. The SMILES string of the molecule is CCCNC(=O)CNc1nc(OC)ncc1Cl. The van der Waals surface area contributed by atoms with Crippen LogP contribution in [0.5, 0.6) is 6.01 Å². The zero-order chi connectivity index (χ0) is 12.7. The van der Waals surface area contributed by atoms with Gasteiger partial charge in [0.2, 0.25) is 5.91 Å². The van der Waals surface area contributed by atoms with Gasteiger partial charge in [-0.15, -0.1) is 0 Å². The van der Waals surface area contributed by atoms with Gasteiger partial charge in [-0.25, -0.2) is 4.98 Å². The molecule has 0 aliphatic rings. The van der Waals surface area contributed by atoms with Crippen LogP contribution < -0.4 is 15.4 Å². The summed E-state index contributed by atoms with van der Waals surface area (Å²) in [6.45, 7) is 2.75. The lowest BCUT2D eigenvalue weighted by Crippen LogP contribution is -2.30. The first kappa shape index (κ1) is 13.5. The van der Waals surface area contributed by atoms with Crippen LogP contribution in [0.3, 0.4) is 0 Å². The van der Waals surface area contributed by atoms with Gasteiger partial charge in [-0.3, -0.25) is 4.79 Å². The third kappa shape index (κ3) is 4.44. The lowest BCUT2D eigenvalue weighted by atomic mass is 10.4. The number of hydrogen-bond acceptors (Lipinski definition) is 5. The molecule has 0 saturated heterocycles. The van der Waals surface area contributed by atoms with E-state index in [0.29, 0.717) is 17.4 Å². The molecule has 0 unspecified atom stereocenters. The highest BCUT2D eigenvalue weighted by Crippen LogP contribution is 2.19. The molecule has 2 N–H and O–H groups in total. The Morgan fingerprint density at radius 2 is 2.35 bits per heavy atom. The molecule has 0 spiro atoms. The summed E-state index contributed by atoms with van der Waals surface area (Å²) in [4.78, 5) is 19.2. The Kier molecular flexibility index (Phi) is 5.48. The average Bonchev–Trinajstić information content (AvgIpc) is 2.35. The van der Waals surface area contributed by atoms with Crippen molar-refractivity contribution in [3.63, 3.8) is 0 Å². The molecule has 6 nitrogen and oxygen atoms in total. The number of aromatic nitrogens is 2. The maximum Gasteiger partial charge on any atom is 0.318 e. The van der Waals surface area contributed by atoms with E-state index in [1.54, 1.807) is 0 Å². The summed E-state index contributed by atoms with van der Waals surface area (Å²) >= 11 is 5.87. The molecule has 0 atom stereocenters. The summed E-state index contributed by atoms with van der Waals surface area (Å²) in [6.07, 6.45) is 2.31. The van der Waals surface area contributed by atoms with Crippen molar-refractivity contribution in [2.45, 2.75) is 13.3 Å². The Morgan fingerprint density at radius 3 is 3.00 bits per heavy atom. The van der Waals surface area contributed by atoms with Gasteiger partial charge < -0.3 is 15.4 Å². The van der Waals surface area contributed by atoms with Gasteiger partial charge in [-0.2, -0.15) is 4.98 Å². The second-order valence-corrected chi connectivity index (χ2v) is 3.66. The number of halogens is 1. The standard InChI is InChI=1S/C10H15ClN4O2/c1-3-4-12-8(16)6-13-9-7(11)5-14-10(15-9)17-2/h5H,3-4,6H2,1-2H3,(H,12,16)(H,13,14,15). The minimum Gasteiger partial charge on any atom is -0.467 e. The molecule has 0 fully saturated rings. The quantitative estimate of drug-likeness (QED) is 0.798. The van der Waals surface area contributed by atoms with Crippen LogP contribution in [-0.2, 0) is 4.79 Å². The van der Waals surface area contributed by atoms with Crippen LogP contribution in [0.25, 0.3) is 0 Å². The highest BCUT2D eigenvalue weighted by atomic mass is 35.5. The molecule has 7 heteroatoms. The van der Waals surface area contributed by atoms with Crippen molar-refractivity contribution in [1.82, 2.24) is 15.3 Å². The topological polar surface area (TPSA) is 76.1 Å². The van der Waals surface area contributed by atoms with E-state index in [1.165, 1.54) is 13.3 Å². The second kappa shape index (κ2) is 6.90. The number of rotatable bonds is 6. The van der Waals surface area contributed by atoms with Gasteiger partial charge in [0.05, 0.1) is 19.9 Å². The van der Waals surface area contributed by atoms with Crippen molar-refractivity contribution in [3.8, 4) is 6.01 Å². The lowest BCUT2D eigenvalue weighted by molar-refractivity contribution is -0.119. The van der Waals surface area contributed by atoms with Gasteiger partial charge in [-0.05, 0) is 6.42 Å². The Morgan fingerprint density at radius 1 is 1.59 bits per heavy atom. The van der Waals surface area contributed by atoms with Crippen molar-refractivity contribution in [2.24, 2.45) is 0 Å². The molecule has 17 heavy (non-hydrogen) atoms. The van der Waals surface area contributed by atoms with E-state index in [9.17, 15) is 4.79 Å². The van der Waals surface area contributed by atoms with Crippen molar-refractivity contribution in [3.05, 3.63) is 11.2 Å². The maximum absolute atomic E-state index is 11.3. The van der Waals surface area contributed by atoms with E-state index in [4.69, 9.17) is 16.3 Å². The van der Waals surface area contributed by atoms with E-state index in [-0.39, 0.29) is 18.5 Å². The van der Waals surface area contributed by atoms with Crippen molar-refractivity contribution in [2.75, 3.05) is 25.5 Å². The van der Waals surface area contributed by atoms with Crippen LogP contribution >= 0.6 is 11.6 Å². The fourth-order valence-corrected chi connectivity index (χ4v) is 1.22. The largest absolute Gasteiger partial charge is 0.467 e. The van der Waals surface area contributed by atoms with Crippen LogP contribution in [-0.4, -0.2) is 36.1 Å². The molecule has 1 rings (SSSR count). The third-order valence-electron chi connectivity index (χ3n) is 1.89.